The summed E-state index contributed by atoms with van der Waals surface area (Å²) in [5.41, 5.74) is 8.08. The largest absolute Gasteiger partial charge is 0.389 e. The molecule has 0 aliphatic carbocycles. The summed E-state index contributed by atoms with van der Waals surface area (Å²) in [6.45, 7) is 5.60. The Labute approximate surface area is 123 Å². The number of aromatic nitrogens is 2. The van der Waals surface area contributed by atoms with Crippen molar-refractivity contribution in [1.82, 2.24) is 15.1 Å². The summed E-state index contributed by atoms with van der Waals surface area (Å²) >= 11 is 5.06. The molecule has 1 aliphatic rings. The van der Waals surface area contributed by atoms with Gasteiger partial charge in [0.05, 0.1) is 17.8 Å². The normalized spacial score (nSPS) is 14.4. The fourth-order valence-corrected chi connectivity index (χ4v) is 2.52. The van der Waals surface area contributed by atoms with Crippen molar-refractivity contribution in [2.24, 2.45) is 5.73 Å². The summed E-state index contributed by atoms with van der Waals surface area (Å²) in [4.78, 5) is 14.1. The van der Waals surface area contributed by atoms with Gasteiger partial charge in [-0.1, -0.05) is 12.2 Å². The summed E-state index contributed by atoms with van der Waals surface area (Å²) in [7, 11) is 0. The fraction of sp³-hybridized carbons (Fsp3) is 0.538. The average Bonchev–Trinajstić information content (AvgIpc) is 2.93. The zero-order valence-corrected chi connectivity index (χ0v) is 12.6. The van der Waals surface area contributed by atoms with Crippen LogP contribution in [0, 0.1) is 13.8 Å². The predicted molar refractivity (Wildman–Crippen MR) is 81.7 cm³/mol. The molecule has 1 aromatic rings. The number of hydrogen-bond donors (Lipinski definition) is 2. The summed E-state index contributed by atoms with van der Waals surface area (Å²) in [5.74, 6) is 0.546. The first-order chi connectivity index (χ1) is 9.50. The number of hydrogen-bond acceptors (Lipinski definition) is 5. The second kappa shape index (κ2) is 6.13. The molecule has 2 heterocycles. The van der Waals surface area contributed by atoms with E-state index in [9.17, 15) is 4.79 Å². The molecule has 2 rings (SSSR count). The van der Waals surface area contributed by atoms with Gasteiger partial charge in [-0.05, 0) is 32.3 Å². The number of thiocarbonyl (C=S) groups is 1. The summed E-state index contributed by atoms with van der Waals surface area (Å²) in [5, 5.41) is 11.1. The molecular formula is C13H19N5OS. The number of anilines is 1. The van der Waals surface area contributed by atoms with E-state index in [0.717, 1.165) is 37.2 Å². The molecule has 1 aliphatic heterocycles. The van der Waals surface area contributed by atoms with Crippen LogP contribution in [-0.4, -0.2) is 45.6 Å². The second-order valence-electron chi connectivity index (χ2n) is 4.94. The average molecular weight is 293 g/mol. The van der Waals surface area contributed by atoms with E-state index in [0.29, 0.717) is 11.4 Å². The van der Waals surface area contributed by atoms with Crippen LogP contribution >= 0.6 is 12.2 Å². The van der Waals surface area contributed by atoms with Crippen molar-refractivity contribution in [2.45, 2.75) is 26.7 Å². The highest BCUT2D eigenvalue weighted by Crippen LogP contribution is 2.18. The number of aryl methyl sites for hydroxylation is 1. The molecule has 1 amide bonds. The van der Waals surface area contributed by atoms with E-state index < -0.39 is 0 Å². The maximum atomic E-state index is 12.0. The van der Waals surface area contributed by atoms with E-state index in [2.05, 4.69) is 15.5 Å². The summed E-state index contributed by atoms with van der Waals surface area (Å²) in [6.07, 6.45) is 2.15. The van der Waals surface area contributed by atoms with Crippen molar-refractivity contribution >= 4 is 28.9 Å². The van der Waals surface area contributed by atoms with Crippen LogP contribution in [0.3, 0.4) is 0 Å². The summed E-state index contributed by atoms with van der Waals surface area (Å²) < 4.78 is 0. The van der Waals surface area contributed by atoms with Gasteiger partial charge in [-0.2, -0.15) is 5.10 Å². The van der Waals surface area contributed by atoms with Gasteiger partial charge in [0.1, 0.15) is 4.99 Å². The number of nitrogens with two attached hydrogens (primary N) is 1. The Kier molecular flexibility index (Phi) is 4.49. The number of nitrogens with one attached hydrogen (secondary N) is 1. The van der Waals surface area contributed by atoms with Gasteiger partial charge in [0.2, 0.25) is 5.91 Å². The first-order valence-electron chi connectivity index (χ1n) is 6.66. The van der Waals surface area contributed by atoms with Crippen molar-refractivity contribution in [1.29, 1.82) is 0 Å². The SMILES string of the molecule is Cc1nnc(NCC(=O)N2CCCC2)c(C(N)=S)c1C. The minimum atomic E-state index is 0.0661. The number of rotatable bonds is 4. The lowest BCUT2D eigenvalue weighted by atomic mass is 10.1. The molecule has 0 saturated carbocycles. The Bertz CT molecular complexity index is 540. The third kappa shape index (κ3) is 3.04. The van der Waals surface area contributed by atoms with Gasteiger partial charge in [-0.3, -0.25) is 4.79 Å². The third-order valence-corrected chi connectivity index (χ3v) is 3.77. The molecule has 0 aromatic carbocycles. The molecule has 108 valence electrons. The highest BCUT2D eigenvalue weighted by atomic mass is 32.1. The predicted octanol–water partition coefficient (Wildman–Crippen LogP) is 0.762. The second-order valence-corrected chi connectivity index (χ2v) is 5.38. The molecule has 1 fully saturated rings. The molecule has 0 bridgehead atoms. The van der Waals surface area contributed by atoms with Crippen LogP contribution < -0.4 is 11.1 Å². The minimum absolute atomic E-state index is 0.0661. The Morgan fingerprint density at radius 2 is 2.00 bits per heavy atom. The van der Waals surface area contributed by atoms with Gasteiger partial charge in [0, 0.05) is 13.1 Å². The van der Waals surface area contributed by atoms with Crippen molar-refractivity contribution in [3.8, 4) is 0 Å². The molecule has 0 atom stereocenters. The molecule has 0 radical (unpaired) electrons. The lowest BCUT2D eigenvalue weighted by Crippen LogP contribution is -2.33. The zero-order chi connectivity index (χ0) is 14.7. The van der Waals surface area contributed by atoms with E-state index >= 15 is 0 Å². The lowest BCUT2D eigenvalue weighted by Gasteiger charge is -2.17. The smallest absolute Gasteiger partial charge is 0.241 e. The van der Waals surface area contributed by atoms with Crippen LogP contribution in [0.15, 0.2) is 0 Å². The van der Waals surface area contributed by atoms with Crippen LogP contribution in [0.4, 0.5) is 5.82 Å². The number of nitrogens with zero attached hydrogens (tertiary/aromatic N) is 3. The monoisotopic (exact) mass is 293 g/mol. The summed E-state index contributed by atoms with van der Waals surface area (Å²) in [6, 6.07) is 0. The third-order valence-electron chi connectivity index (χ3n) is 3.57. The zero-order valence-electron chi connectivity index (χ0n) is 11.8. The molecule has 6 nitrogen and oxygen atoms in total. The van der Waals surface area contributed by atoms with Crippen LogP contribution in [0.2, 0.25) is 0 Å². The highest BCUT2D eigenvalue weighted by Gasteiger charge is 2.19. The number of carbonyl (C=O) groups is 1. The van der Waals surface area contributed by atoms with Gasteiger partial charge in [-0.15, -0.1) is 5.10 Å². The molecule has 7 heteroatoms. The molecule has 0 spiro atoms. The Morgan fingerprint density at radius 3 is 2.60 bits per heavy atom. The maximum absolute atomic E-state index is 12.0. The molecule has 1 saturated heterocycles. The van der Waals surface area contributed by atoms with E-state index in [4.69, 9.17) is 18.0 Å². The van der Waals surface area contributed by atoms with Crippen molar-refractivity contribution < 1.29 is 4.79 Å². The van der Waals surface area contributed by atoms with Crippen LogP contribution in [0.25, 0.3) is 0 Å². The number of likely N-dealkylation sites (tertiary alicyclic amines) is 1. The van der Waals surface area contributed by atoms with Gasteiger partial charge in [-0.25, -0.2) is 0 Å². The Balaban J connectivity index is 2.11. The van der Waals surface area contributed by atoms with Gasteiger partial charge in [0.15, 0.2) is 5.82 Å². The van der Waals surface area contributed by atoms with E-state index in [1.165, 1.54) is 0 Å². The molecule has 1 aromatic heterocycles. The van der Waals surface area contributed by atoms with Crippen molar-refractivity contribution in [2.75, 3.05) is 25.0 Å². The van der Waals surface area contributed by atoms with Gasteiger partial charge >= 0.3 is 0 Å². The molecule has 0 unspecified atom stereocenters. The van der Waals surface area contributed by atoms with E-state index in [1.54, 1.807) is 0 Å². The minimum Gasteiger partial charge on any atom is -0.389 e. The van der Waals surface area contributed by atoms with E-state index in [-0.39, 0.29) is 17.4 Å². The maximum Gasteiger partial charge on any atom is 0.241 e. The molecule has 3 N–H and O–H groups in total. The quantitative estimate of drug-likeness (QED) is 0.798. The highest BCUT2D eigenvalue weighted by molar-refractivity contribution is 7.80. The van der Waals surface area contributed by atoms with Crippen LogP contribution in [-0.2, 0) is 4.79 Å². The Morgan fingerprint density at radius 1 is 1.35 bits per heavy atom. The topological polar surface area (TPSA) is 84.1 Å². The fourth-order valence-electron chi connectivity index (χ4n) is 2.27. The lowest BCUT2D eigenvalue weighted by molar-refractivity contribution is -0.128. The Hall–Kier alpha value is -1.76. The van der Waals surface area contributed by atoms with Crippen LogP contribution in [0.5, 0.6) is 0 Å². The molecule has 20 heavy (non-hydrogen) atoms. The van der Waals surface area contributed by atoms with Gasteiger partial charge in [0.25, 0.3) is 0 Å². The number of amides is 1. The van der Waals surface area contributed by atoms with Crippen molar-refractivity contribution in [3.63, 3.8) is 0 Å². The number of carbonyl (C=O) groups excluding carboxylic acids is 1. The van der Waals surface area contributed by atoms with Crippen molar-refractivity contribution in [3.05, 3.63) is 16.8 Å². The van der Waals surface area contributed by atoms with E-state index in [1.807, 2.05) is 18.7 Å². The first kappa shape index (κ1) is 14.6. The molecular weight excluding hydrogens is 274 g/mol. The van der Waals surface area contributed by atoms with Gasteiger partial charge < -0.3 is 16.0 Å². The van der Waals surface area contributed by atoms with Crippen LogP contribution in [0.1, 0.15) is 29.7 Å². The first-order valence-corrected chi connectivity index (χ1v) is 7.07. The standard InChI is InChI=1S/C13H19N5OS/c1-8-9(2)16-17-13(11(8)12(14)20)15-7-10(19)18-5-3-4-6-18/h3-7H2,1-2H3,(H2,14,20)(H,15,17).